The van der Waals surface area contributed by atoms with Crippen LogP contribution in [-0.2, 0) is 16.1 Å². The molecule has 2 aromatic rings. The Morgan fingerprint density at radius 2 is 1.79 bits per heavy atom. The zero-order chi connectivity index (χ0) is 24.2. The second kappa shape index (κ2) is 10.4. The molecule has 9 heteroatoms. The van der Waals surface area contributed by atoms with Crippen LogP contribution in [-0.4, -0.2) is 59.8 Å². The van der Waals surface area contributed by atoms with Crippen molar-refractivity contribution >= 4 is 29.3 Å². The Balaban J connectivity index is 1.43. The molecule has 0 aromatic heterocycles. The van der Waals surface area contributed by atoms with E-state index in [1.54, 1.807) is 12.0 Å². The molecule has 2 atom stereocenters. The highest BCUT2D eigenvalue weighted by Gasteiger charge is 2.42. The molecule has 34 heavy (non-hydrogen) atoms. The van der Waals surface area contributed by atoms with E-state index in [2.05, 4.69) is 5.32 Å². The summed E-state index contributed by atoms with van der Waals surface area (Å²) in [5.74, 6) is -0.680. The number of hydrogen-bond donors (Lipinski definition) is 1. The van der Waals surface area contributed by atoms with Gasteiger partial charge in [0.1, 0.15) is 23.7 Å². The maximum atomic E-state index is 13.4. The summed E-state index contributed by atoms with van der Waals surface area (Å²) in [6.45, 7) is 1.20. The number of likely N-dealkylation sites (tertiary alicyclic amines) is 2. The van der Waals surface area contributed by atoms with Gasteiger partial charge in [-0.25, -0.2) is 4.39 Å². The summed E-state index contributed by atoms with van der Waals surface area (Å²) >= 11 is 6.08. The number of benzene rings is 2. The van der Waals surface area contributed by atoms with Crippen LogP contribution in [0, 0.1) is 5.82 Å². The maximum absolute atomic E-state index is 13.4. The standard InChI is InChI=1S/C25H27ClFN3O4/c1-34-18-6-2-5-16(13-18)15-28-23(31)21-7-3-11-29(21)25(33)22-8-4-12-30(22)24(32)19-10-9-17(27)14-20(19)26/h2,5-6,9-10,13-14,21-22H,3-4,7-8,11-12,15H2,1H3,(H,28,31)/t21-,22-/m1/s1. The molecule has 2 aliphatic rings. The van der Waals surface area contributed by atoms with Gasteiger partial charge in [0.15, 0.2) is 0 Å². The fraction of sp³-hybridized carbons (Fsp3) is 0.400. The van der Waals surface area contributed by atoms with E-state index in [0.29, 0.717) is 51.1 Å². The number of hydrogen-bond acceptors (Lipinski definition) is 4. The molecule has 7 nitrogen and oxygen atoms in total. The van der Waals surface area contributed by atoms with Crippen LogP contribution >= 0.6 is 11.6 Å². The van der Waals surface area contributed by atoms with Crippen LogP contribution in [0.4, 0.5) is 4.39 Å². The van der Waals surface area contributed by atoms with Gasteiger partial charge in [0.05, 0.1) is 17.7 Å². The molecule has 2 fully saturated rings. The van der Waals surface area contributed by atoms with Crippen molar-refractivity contribution in [1.82, 2.24) is 15.1 Å². The van der Waals surface area contributed by atoms with Crippen molar-refractivity contribution in [3.63, 3.8) is 0 Å². The second-order valence-electron chi connectivity index (χ2n) is 8.54. The van der Waals surface area contributed by atoms with Gasteiger partial charge in [0.2, 0.25) is 11.8 Å². The molecule has 2 aliphatic heterocycles. The molecule has 4 rings (SSSR count). The number of carbonyl (C=O) groups excluding carboxylic acids is 3. The summed E-state index contributed by atoms with van der Waals surface area (Å²) in [6, 6.07) is 9.78. The normalized spacial score (nSPS) is 19.9. The smallest absolute Gasteiger partial charge is 0.256 e. The van der Waals surface area contributed by atoms with Gasteiger partial charge in [-0.1, -0.05) is 23.7 Å². The van der Waals surface area contributed by atoms with Gasteiger partial charge >= 0.3 is 0 Å². The van der Waals surface area contributed by atoms with E-state index in [4.69, 9.17) is 16.3 Å². The van der Waals surface area contributed by atoms with Gasteiger partial charge in [0.25, 0.3) is 5.91 Å². The van der Waals surface area contributed by atoms with E-state index in [1.165, 1.54) is 17.0 Å². The van der Waals surface area contributed by atoms with E-state index in [0.717, 1.165) is 11.6 Å². The molecule has 0 bridgehead atoms. The minimum Gasteiger partial charge on any atom is -0.497 e. The Morgan fingerprint density at radius 3 is 2.53 bits per heavy atom. The van der Waals surface area contributed by atoms with Crippen molar-refractivity contribution in [2.24, 2.45) is 0 Å². The summed E-state index contributed by atoms with van der Waals surface area (Å²) in [5, 5.41) is 2.93. The predicted octanol–water partition coefficient (Wildman–Crippen LogP) is 3.40. The van der Waals surface area contributed by atoms with E-state index in [1.807, 2.05) is 24.3 Å². The van der Waals surface area contributed by atoms with Crippen molar-refractivity contribution in [3.05, 3.63) is 64.4 Å². The van der Waals surface area contributed by atoms with E-state index < -0.39 is 23.8 Å². The number of nitrogens with zero attached hydrogens (tertiary/aromatic N) is 2. The zero-order valence-electron chi connectivity index (χ0n) is 18.9. The molecule has 3 amide bonds. The summed E-state index contributed by atoms with van der Waals surface area (Å²) < 4.78 is 18.6. The lowest BCUT2D eigenvalue weighted by Crippen LogP contribution is -2.52. The fourth-order valence-corrected chi connectivity index (χ4v) is 4.92. The number of amides is 3. The summed E-state index contributed by atoms with van der Waals surface area (Å²) in [4.78, 5) is 42.6. The van der Waals surface area contributed by atoms with Crippen molar-refractivity contribution in [2.75, 3.05) is 20.2 Å². The van der Waals surface area contributed by atoms with Crippen LogP contribution in [0.3, 0.4) is 0 Å². The minimum absolute atomic E-state index is 0.0130. The largest absolute Gasteiger partial charge is 0.497 e. The molecule has 1 N–H and O–H groups in total. The maximum Gasteiger partial charge on any atom is 0.256 e. The number of ether oxygens (including phenoxy) is 1. The highest BCUT2D eigenvalue weighted by Crippen LogP contribution is 2.28. The molecule has 2 heterocycles. The number of nitrogens with one attached hydrogen (secondary N) is 1. The third-order valence-corrected chi connectivity index (χ3v) is 6.71. The van der Waals surface area contributed by atoms with Gasteiger partial charge < -0.3 is 19.9 Å². The summed E-state index contributed by atoms with van der Waals surface area (Å²) in [5.41, 5.74) is 1.06. The molecule has 0 saturated carbocycles. The SMILES string of the molecule is COc1cccc(CNC(=O)[C@H]2CCCN2C(=O)[C@H]2CCCN2C(=O)c2ccc(F)cc2Cl)c1. The molecule has 0 radical (unpaired) electrons. The van der Waals surface area contributed by atoms with Gasteiger partial charge in [-0.2, -0.15) is 0 Å². The van der Waals surface area contributed by atoms with Crippen LogP contribution in [0.1, 0.15) is 41.6 Å². The van der Waals surface area contributed by atoms with Crippen molar-refractivity contribution in [1.29, 1.82) is 0 Å². The molecule has 0 unspecified atom stereocenters. The Labute approximate surface area is 202 Å². The molecule has 0 spiro atoms. The van der Waals surface area contributed by atoms with Gasteiger partial charge in [-0.15, -0.1) is 0 Å². The number of carbonyl (C=O) groups is 3. The van der Waals surface area contributed by atoms with Crippen molar-refractivity contribution < 1.29 is 23.5 Å². The molecular formula is C25H27ClFN3O4. The first-order chi connectivity index (χ1) is 16.4. The van der Waals surface area contributed by atoms with Crippen LogP contribution < -0.4 is 10.1 Å². The molecule has 2 aromatic carbocycles. The summed E-state index contributed by atoms with van der Waals surface area (Å²) in [7, 11) is 1.58. The first kappa shape index (κ1) is 24.0. The highest BCUT2D eigenvalue weighted by atomic mass is 35.5. The van der Waals surface area contributed by atoms with Crippen LogP contribution in [0.2, 0.25) is 5.02 Å². The Bertz CT molecular complexity index is 1100. The topological polar surface area (TPSA) is 79.0 Å². The quantitative estimate of drug-likeness (QED) is 0.677. The lowest BCUT2D eigenvalue weighted by molar-refractivity contribution is -0.141. The Hall–Kier alpha value is -3.13. The Kier molecular flexibility index (Phi) is 7.36. The van der Waals surface area contributed by atoms with Crippen LogP contribution in [0.25, 0.3) is 0 Å². The third kappa shape index (κ3) is 5.01. The van der Waals surface area contributed by atoms with Gasteiger partial charge in [0, 0.05) is 19.6 Å². The minimum atomic E-state index is -0.666. The van der Waals surface area contributed by atoms with Crippen molar-refractivity contribution in [3.8, 4) is 5.75 Å². The number of halogens is 2. The first-order valence-corrected chi connectivity index (χ1v) is 11.7. The average Bonchev–Trinajstić information content (AvgIpc) is 3.52. The molecular weight excluding hydrogens is 461 g/mol. The first-order valence-electron chi connectivity index (χ1n) is 11.4. The Morgan fingerprint density at radius 1 is 1.06 bits per heavy atom. The average molecular weight is 488 g/mol. The monoisotopic (exact) mass is 487 g/mol. The van der Waals surface area contributed by atoms with E-state index >= 15 is 0 Å². The third-order valence-electron chi connectivity index (χ3n) is 6.40. The lowest BCUT2D eigenvalue weighted by Gasteiger charge is -2.31. The molecule has 2 saturated heterocycles. The van der Waals surface area contributed by atoms with Crippen LogP contribution in [0.5, 0.6) is 5.75 Å². The summed E-state index contributed by atoms with van der Waals surface area (Å²) in [6.07, 6.45) is 2.47. The van der Waals surface area contributed by atoms with Crippen LogP contribution in [0.15, 0.2) is 42.5 Å². The molecule has 0 aliphatic carbocycles. The number of rotatable bonds is 6. The fourth-order valence-electron chi connectivity index (χ4n) is 4.67. The van der Waals surface area contributed by atoms with E-state index in [9.17, 15) is 18.8 Å². The highest BCUT2D eigenvalue weighted by molar-refractivity contribution is 6.33. The number of methoxy groups -OCH3 is 1. The molecule has 180 valence electrons. The van der Waals surface area contributed by atoms with Crippen molar-refractivity contribution in [2.45, 2.75) is 44.3 Å². The lowest BCUT2D eigenvalue weighted by atomic mass is 10.1. The zero-order valence-corrected chi connectivity index (χ0v) is 19.7. The van der Waals surface area contributed by atoms with Gasteiger partial charge in [-0.3, -0.25) is 14.4 Å². The second-order valence-corrected chi connectivity index (χ2v) is 8.95. The van der Waals surface area contributed by atoms with E-state index in [-0.39, 0.29) is 22.4 Å². The predicted molar refractivity (Wildman–Crippen MR) is 125 cm³/mol. The van der Waals surface area contributed by atoms with Gasteiger partial charge in [-0.05, 0) is 61.6 Å².